The van der Waals surface area contributed by atoms with Crippen LogP contribution in [0.15, 0.2) is 47.5 Å². The molecule has 0 unspecified atom stereocenters. The Bertz CT molecular complexity index is 1140. The van der Waals surface area contributed by atoms with Crippen molar-refractivity contribution in [2.24, 2.45) is 5.92 Å². The van der Waals surface area contributed by atoms with Gasteiger partial charge in [0.2, 0.25) is 10.0 Å². The highest BCUT2D eigenvalue weighted by Gasteiger charge is 2.38. The van der Waals surface area contributed by atoms with Gasteiger partial charge >= 0.3 is 0 Å². The van der Waals surface area contributed by atoms with E-state index in [0.29, 0.717) is 30.9 Å². The van der Waals surface area contributed by atoms with Crippen LogP contribution in [0.1, 0.15) is 25.1 Å². The zero-order chi connectivity index (χ0) is 25.6. The topological polar surface area (TPSA) is 86.2 Å². The van der Waals surface area contributed by atoms with Gasteiger partial charge in [0.15, 0.2) is 0 Å². The van der Waals surface area contributed by atoms with Crippen molar-refractivity contribution in [2.45, 2.75) is 37.4 Å². The molecule has 190 valence electrons. The van der Waals surface area contributed by atoms with Crippen molar-refractivity contribution in [3.63, 3.8) is 0 Å². The minimum absolute atomic E-state index is 0.0974. The Labute approximate surface area is 209 Å². The maximum atomic E-state index is 13.6. The van der Waals surface area contributed by atoms with Crippen LogP contribution in [0, 0.1) is 17.8 Å². The maximum absolute atomic E-state index is 13.6. The molecule has 0 saturated heterocycles. The predicted octanol–water partition coefficient (Wildman–Crippen LogP) is 1.90. The van der Waals surface area contributed by atoms with Crippen LogP contribution in [-0.4, -0.2) is 92.1 Å². The van der Waals surface area contributed by atoms with Gasteiger partial charge in [-0.05, 0) is 58.4 Å². The second-order valence-corrected chi connectivity index (χ2v) is 11.3. The highest BCUT2D eigenvalue weighted by Crippen LogP contribution is 2.34. The zero-order valence-corrected chi connectivity index (χ0v) is 22.0. The van der Waals surface area contributed by atoms with E-state index in [1.807, 2.05) is 51.2 Å². The van der Waals surface area contributed by atoms with E-state index < -0.39 is 16.1 Å². The average Bonchev–Trinajstić information content (AvgIpc) is 2.81. The molecule has 1 aliphatic heterocycles. The molecule has 0 spiro atoms. The molecule has 9 heteroatoms. The second-order valence-electron chi connectivity index (χ2n) is 9.46. The average molecular weight is 501 g/mol. The molecule has 0 radical (unpaired) electrons. The molecule has 3 atom stereocenters. The molecule has 1 aromatic heterocycles. The summed E-state index contributed by atoms with van der Waals surface area (Å²) in [6.45, 7) is 5.50. The van der Waals surface area contributed by atoms with Gasteiger partial charge in [0, 0.05) is 43.4 Å². The first-order valence-electron chi connectivity index (χ1n) is 11.8. The lowest BCUT2D eigenvalue weighted by atomic mass is 10.0. The number of benzene rings is 1. The smallest absolute Gasteiger partial charge is 0.247 e. The van der Waals surface area contributed by atoms with Crippen molar-refractivity contribution in [2.75, 3.05) is 47.4 Å². The van der Waals surface area contributed by atoms with Gasteiger partial charge in [-0.2, -0.15) is 4.31 Å². The number of aromatic nitrogens is 1. The zero-order valence-electron chi connectivity index (χ0n) is 21.2. The fourth-order valence-electron chi connectivity index (χ4n) is 3.96. The van der Waals surface area contributed by atoms with Gasteiger partial charge in [0.05, 0.1) is 18.8 Å². The Morgan fingerprint density at radius 1 is 1.26 bits per heavy atom. The number of hydrogen-bond donors (Lipinski definition) is 1. The normalized spacial score (nSPS) is 20.8. The van der Waals surface area contributed by atoms with E-state index in [-0.39, 0.29) is 30.1 Å². The Balaban J connectivity index is 1.97. The van der Waals surface area contributed by atoms with Gasteiger partial charge in [-0.3, -0.25) is 14.8 Å². The van der Waals surface area contributed by atoms with Crippen LogP contribution < -0.4 is 4.74 Å². The number of likely N-dealkylation sites (N-methyl/N-ethyl adjacent to an activating group) is 1. The molecule has 0 bridgehead atoms. The molecule has 0 saturated carbocycles. The van der Waals surface area contributed by atoms with Crippen LogP contribution in [0.4, 0.5) is 0 Å². The summed E-state index contributed by atoms with van der Waals surface area (Å²) in [5.74, 6) is 6.35. The van der Waals surface area contributed by atoms with Crippen LogP contribution in [0.25, 0.3) is 0 Å². The summed E-state index contributed by atoms with van der Waals surface area (Å²) in [5.41, 5.74) is 1.64. The number of sulfonamides is 1. The fourth-order valence-corrected chi connectivity index (χ4v) is 5.79. The van der Waals surface area contributed by atoms with Crippen molar-refractivity contribution < 1.29 is 18.3 Å². The molecule has 35 heavy (non-hydrogen) atoms. The van der Waals surface area contributed by atoms with Gasteiger partial charge in [-0.1, -0.05) is 24.8 Å². The maximum Gasteiger partial charge on any atom is 0.247 e. The standard InChI is InChI=1S/C26H36N4O4S/c1-20-16-30(21(2)19-31)35(32,33)26-12-11-22(9-8-14-28(3)4)15-24(26)34-25(20)18-29(5)17-23-10-6-7-13-27-23/h6-7,10-13,15,20-21,25,31H,14,16-19H2,1-5H3/t20-,21-,25+/m0/s1. The summed E-state index contributed by atoms with van der Waals surface area (Å²) in [5, 5.41) is 9.80. The highest BCUT2D eigenvalue weighted by atomic mass is 32.2. The highest BCUT2D eigenvalue weighted by molar-refractivity contribution is 7.89. The molecular weight excluding hydrogens is 464 g/mol. The lowest BCUT2D eigenvalue weighted by Gasteiger charge is -2.37. The summed E-state index contributed by atoms with van der Waals surface area (Å²) >= 11 is 0. The third kappa shape index (κ3) is 7.03. The van der Waals surface area contributed by atoms with Crippen LogP contribution in [0.3, 0.4) is 0 Å². The third-order valence-electron chi connectivity index (χ3n) is 5.94. The summed E-state index contributed by atoms with van der Waals surface area (Å²) < 4.78 is 35.0. The lowest BCUT2D eigenvalue weighted by Crippen LogP contribution is -2.49. The van der Waals surface area contributed by atoms with Gasteiger partial charge in [-0.25, -0.2) is 8.42 Å². The Morgan fingerprint density at radius 3 is 2.69 bits per heavy atom. The number of aliphatic hydroxyl groups excluding tert-OH is 1. The molecule has 1 aliphatic rings. The van der Waals surface area contributed by atoms with Crippen molar-refractivity contribution in [1.29, 1.82) is 0 Å². The summed E-state index contributed by atoms with van der Waals surface area (Å²) in [6.07, 6.45) is 1.49. The number of rotatable bonds is 7. The van der Waals surface area contributed by atoms with E-state index in [2.05, 4.69) is 21.7 Å². The molecule has 0 amide bonds. The van der Waals surface area contributed by atoms with Crippen LogP contribution >= 0.6 is 0 Å². The molecule has 2 aromatic rings. The lowest BCUT2D eigenvalue weighted by molar-refractivity contribution is 0.0730. The van der Waals surface area contributed by atoms with Crippen molar-refractivity contribution in [1.82, 2.24) is 19.1 Å². The molecule has 8 nitrogen and oxygen atoms in total. The minimum Gasteiger partial charge on any atom is -0.487 e. The fraction of sp³-hybridized carbons (Fsp3) is 0.500. The van der Waals surface area contributed by atoms with E-state index in [4.69, 9.17) is 4.74 Å². The van der Waals surface area contributed by atoms with Crippen molar-refractivity contribution in [3.8, 4) is 17.6 Å². The number of pyridine rings is 1. The molecule has 3 rings (SSSR count). The van der Waals surface area contributed by atoms with Gasteiger partial charge in [-0.15, -0.1) is 0 Å². The second kappa shape index (κ2) is 12.0. The van der Waals surface area contributed by atoms with Gasteiger partial charge in [0.25, 0.3) is 0 Å². The quantitative estimate of drug-likeness (QED) is 0.581. The molecule has 2 heterocycles. The van der Waals surface area contributed by atoms with Crippen LogP contribution in [0.5, 0.6) is 5.75 Å². The van der Waals surface area contributed by atoms with E-state index >= 15 is 0 Å². The molecular formula is C26H36N4O4S. The molecule has 0 fully saturated rings. The summed E-state index contributed by atoms with van der Waals surface area (Å²) in [7, 11) is 2.01. The van der Waals surface area contributed by atoms with Crippen molar-refractivity contribution in [3.05, 3.63) is 53.9 Å². The van der Waals surface area contributed by atoms with E-state index in [1.165, 1.54) is 4.31 Å². The first-order valence-corrected chi connectivity index (χ1v) is 13.2. The van der Waals surface area contributed by atoms with E-state index in [1.54, 1.807) is 31.3 Å². The monoisotopic (exact) mass is 500 g/mol. The minimum atomic E-state index is -3.87. The summed E-state index contributed by atoms with van der Waals surface area (Å²) in [4.78, 5) is 8.59. The van der Waals surface area contributed by atoms with Crippen LogP contribution in [0.2, 0.25) is 0 Å². The molecule has 1 N–H and O–H groups in total. The SMILES string of the molecule is C[C@H]1CN([C@@H](C)CO)S(=O)(=O)c2ccc(C#CCN(C)C)cc2O[C@@H]1CN(C)Cc1ccccn1. The largest absolute Gasteiger partial charge is 0.487 e. The predicted molar refractivity (Wildman–Crippen MR) is 136 cm³/mol. The number of hydrogen-bond acceptors (Lipinski definition) is 7. The first-order chi connectivity index (χ1) is 16.6. The Kier molecular flexibility index (Phi) is 9.27. The molecule has 1 aromatic carbocycles. The number of aliphatic hydroxyl groups is 1. The van der Waals surface area contributed by atoms with Crippen LogP contribution in [-0.2, 0) is 16.6 Å². The van der Waals surface area contributed by atoms with Gasteiger partial charge < -0.3 is 9.84 Å². The number of fused-ring (bicyclic) bond motifs is 1. The first kappa shape index (κ1) is 27.1. The Hall–Kier alpha value is -2.48. The number of nitrogens with zero attached hydrogens (tertiary/aromatic N) is 4. The van der Waals surface area contributed by atoms with E-state index in [9.17, 15) is 13.5 Å². The van der Waals surface area contributed by atoms with Gasteiger partial charge in [0.1, 0.15) is 16.7 Å². The number of ether oxygens (including phenoxy) is 1. The molecule has 0 aliphatic carbocycles. The Morgan fingerprint density at radius 2 is 2.03 bits per heavy atom. The summed E-state index contributed by atoms with van der Waals surface area (Å²) in [6, 6.07) is 10.2. The third-order valence-corrected chi connectivity index (χ3v) is 7.96. The van der Waals surface area contributed by atoms with Crippen molar-refractivity contribution >= 4 is 10.0 Å². The van der Waals surface area contributed by atoms with E-state index in [0.717, 1.165) is 5.69 Å².